The van der Waals surface area contributed by atoms with Crippen molar-refractivity contribution in [3.8, 4) is 0 Å². The lowest BCUT2D eigenvalue weighted by Gasteiger charge is -2.11. The Morgan fingerprint density at radius 3 is 2.94 bits per heavy atom. The van der Waals surface area contributed by atoms with Crippen LogP contribution in [-0.4, -0.2) is 20.9 Å². The molecule has 18 heavy (non-hydrogen) atoms. The maximum absolute atomic E-state index is 11.9. The number of imidazole rings is 1. The zero-order chi connectivity index (χ0) is 13.0. The maximum atomic E-state index is 11.9. The van der Waals surface area contributed by atoms with Crippen LogP contribution in [0.5, 0.6) is 0 Å². The molecule has 5 heteroatoms. The molecule has 0 aliphatic heterocycles. The first kappa shape index (κ1) is 12.3. The summed E-state index contributed by atoms with van der Waals surface area (Å²) >= 11 is 0. The molecule has 1 atom stereocenters. The Morgan fingerprint density at radius 1 is 1.44 bits per heavy atom. The SMILES string of the molecule is Cc1cccnc1CC(=O)NC(C)c1ncc[nH]1. The second kappa shape index (κ2) is 5.44. The van der Waals surface area contributed by atoms with Crippen LogP contribution in [0.25, 0.3) is 0 Å². The van der Waals surface area contributed by atoms with Crippen molar-refractivity contribution >= 4 is 5.91 Å². The molecular weight excluding hydrogens is 228 g/mol. The highest BCUT2D eigenvalue weighted by atomic mass is 16.1. The largest absolute Gasteiger partial charge is 0.347 e. The first-order valence-electron chi connectivity index (χ1n) is 5.86. The van der Waals surface area contributed by atoms with Crippen molar-refractivity contribution < 1.29 is 4.79 Å². The third-order valence-electron chi connectivity index (χ3n) is 2.75. The summed E-state index contributed by atoms with van der Waals surface area (Å²) in [6, 6.07) is 3.69. The van der Waals surface area contributed by atoms with Gasteiger partial charge in [0.15, 0.2) is 0 Å². The average molecular weight is 244 g/mol. The third kappa shape index (κ3) is 2.94. The van der Waals surface area contributed by atoms with Gasteiger partial charge in [0, 0.05) is 18.6 Å². The van der Waals surface area contributed by atoms with Crippen LogP contribution in [0.3, 0.4) is 0 Å². The number of rotatable bonds is 4. The summed E-state index contributed by atoms with van der Waals surface area (Å²) in [5.74, 6) is 0.696. The highest BCUT2D eigenvalue weighted by Crippen LogP contribution is 2.07. The van der Waals surface area contributed by atoms with E-state index in [1.807, 2.05) is 26.0 Å². The normalized spacial score (nSPS) is 12.1. The number of carbonyl (C=O) groups excluding carboxylic acids is 1. The Labute approximate surface area is 106 Å². The molecule has 0 bridgehead atoms. The van der Waals surface area contributed by atoms with Crippen LogP contribution in [0.2, 0.25) is 0 Å². The van der Waals surface area contributed by atoms with Gasteiger partial charge in [0.05, 0.1) is 18.2 Å². The van der Waals surface area contributed by atoms with Crippen molar-refractivity contribution in [3.05, 3.63) is 47.8 Å². The van der Waals surface area contributed by atoms with E-state index in [2.05, 4.69) is 20.3 Å². The van der Waals surface area contributed by atoms with Crippen molar-refractivity contribution in [2.45, 2.75) is 26.3 Å². The van der Waals surface area contributed by atoms with Crippen LogP contribution in [0.1, 0.15) is 30.0 Å². The first-order chi connectivity index (χ1) is 8.66. The van der Waals surface area contributed by atoms with Gasteiger partial charge in [-0.15, -0.1) is 0 Å². The van der Waals surface area contributed by atoms with Crippen molar-refractivity contribution in [3.63, 3.8) is 0 Å². The predicted octanol–water partition coefficient (Wildman–Crippen LogP) is 1.53. The van der Waals surface area contributed by atoms with E-state index >= 15 is 0 Å². The van der Waals surface area contributed by atoms with Crippen LogP contribution in [-0.2, 0) is 11.2 Å². The molecular formula is C13H16N4O. The molecule has 0 aliphatic carbocycles. The molecule has 0 fully saturated rings. The first-order valence-corrected chi connectivity index (χ1v) is 5.86. The number of amides is 1. The number of hydrogen-bond donors (Lipinski definition) is 2. The van der Waals surface area contributed by atoms with Crippen molar-refractivity contribution in [2.75, 3.05) is 0 Å². The standard InChI is InChI=1S/C13H16N4O/c1-9-4-3-5-14-11(9)8-12(18)17-10(2)13-15-6-7-16-13/h3-7,10H,8H2,1-2H3,(H,15,16)(H,17,18). The Hall–Kier alpha value is -2.17. The van der Waals surface area contributed by atoms with E-state index in [0.29, 0.717) is 0 Å². The summed E-state index contributed by atoms with van der Waals surface area (Å²) in [6.07, 6.45) is 5.39. The van der Waals surface area contributed by atoms with E-state index in [4.69, 9.17) is 0 Å². The molecule has 0 spiro atoms. The lowest BCUT2D eigenvalue weighted by atomic mass is 10.1. The summed E-state index contributed by atoms with van der Waals surface area (Å²) in [7, 11) is 0. The third-order valence-corrected chi connectivity index (χ3v) is 2.75. The summed E-state index contributed by atoms with van der Waals surface area (Å²) < 4.78 is 0. The van der Waals surface area contributed by atoms with Gasteiger partial charge in [-0.05, 0) is 25.5 Å². The number of aromatic nitrogens is 3. The van der Waals surface area contributed by atoms with Gasteiger partial charge in [-0.3, -0.25) is 9.78 Å². The molecule has 2 N–H and O–H groups in total. The fourth-order valence-electron chi connectivity index (χ4n) is 1.73. The summed E-state index contributed by atoms with van der Waals surface area (Å²) in [6.45, 7) is 3.84. The van der Waals surface area contributed by atoms with Crippen LogP contribution in [0.4, 0.5) is 0 Å². The zero-order valence-corrected chi connectivity index (χ0v) is 10.5. The highest BCUT2D eigenvalue weighted by Gasteiger charge is 2.12. The number of nitrogens with zero attached hydrogens (tertiary/aromatic N) is 2. The molecule has 2 aromatic heterocycles. The smallest absolute Gasteiger partial charge is 0.226 e. The summed E-state index contributed by atoms with van der Waals surface area (Å²) in [4.78, 5) is 23.2. The minimum Gasteiger partial charge on any atom is -0.347 e. The molecule has 2 heterocycles. The topological polar surface area (TPSA) is 70.7 Å². The Kier molecular flexibility index (Phi) is 3.72. The zero-order valence-electron chi connectivity index (χ0n) is 10.5. The van der Waals surface area contributed by atoms with Gasteiger partial charge >= 0.3 is 0 Å². The fourth-order valence-corrected chi connectivity index (χ4v) is 1.73. The molecule has 1 unspecified atom stereocenters. The van der Waals surface area contributed by atoms with Gasteiger partial charge in [0.1, 0.15) is 5.82 Å². The number of H-pyrrole nitrogens is 1. The van der Waals surface area contributed by atoms with Crippen LogP contribution in [0, 0.1) is 6.92 Å². The number of aryl methyl sites for hydroxylation is 1. The van der Waals surface area contributed by atoms with Gasteiger partial charge in [-0.1, -0.05) is 6.07 Å². The number of pyridine rings is 1. The molecule has 1 amide bonds. The molecule has 0 saturated heterocycles. The molecule has 0 aliphatic rings. The number of carbonyl (C=O) groups is 1. The predicted molar refractivity (Wildman–Crippen MR) is 67.8 cm³/mol. The van der Waals surface area contributed by atoms with Crippen molar-refractivity contribution in [1.29, 1.82) is 0 Å². The van der Waals surface area contributed by atoms with E-state index < -0.39 is 0 Å². The number of nitrogens with one attached hydrogen (secondary N) is 2. The monoisotopic (exact) mass is 244 g/mol. The summed E-state index contributed by atoms with van der Waals surface area (Å²) in [5.41, 5.74) is 1.83. The molecule has 94 valence electrons. The molecule has 0 radical (unpaired) electrons. The van der Waals surface area contributed by atoms with Crippen LogP contribution >= 0.6 is 0 Å². The molecule has 0 saturated carbocycles. The van der Waals surface area contributed by atoms with Gasteiger partial charge in [-0.2, -0.15) is 0 Å². The van der Waals surface area contributed by atoms with E-state index in [9.17, 15) is 4.79 Å². The second-order valence-electron chi connectivity index (χ2n) is 4.21. The van der Waals surface area contributed by atoms with Crippen LogP contribution < -0.4 is 5.32 Å². The lowest BCUT2D eigenvalue weighted by Crippen LogP contribution is -2.29. The lowest BCUT2D eigenvalue weighted by molar-refractivity contribution is -0.121. The molecule has 2 aromatic rings. The minimum atomic E-state index is -0.128. The Balaban J connectivity index is 1.95. The van der Waals surface area contributed by atoms with E-state index in [1.165, 1.54) is 0 Å². The van der Waals surface area contributed by atoms with Crippen molar-refractivity contribution in [2.24, 2.45) is 0 Å². The quantitative estimate of drug-likeness (QED) is 0.856. The molecule has 5 nitrogen and oxygen atoms in total. The molecule has 0 aromatic carbocycles. The van der Waals surface area contributed by atoms with E-state index in [-0.39, 0.29) is 18.4 Å². The van der Waals surface area contributed by atoms with Crippen LogP contribution in [0.15, 0.2) is 30.7 Å². The Morgan fingerprint density at radius 2 is 2.28 bits per heavy atom. The second-order valence-corrected chi connectivity index (χ2v) is 4.21. The molecule has 2 rings (SSSR count). The van der Waals surface area contributed by atoms with E-state index in [0.717, 1.165) is 17.1 Å². The Bertz CT molecular complexity index is 522. The fraction of sp³-hybridized carbons (Fsp3) is 0.308. The number of hydrogen-bond acceptors (Lipinski definition) is 3. The average Bonchev–Trinajstić information content (AvgIpc) is 2.85. The van der Waals surface area contributed by atoms with Crippen molar-refractivity contribution in [1.82, 2.24) is 20.3 Å². The van der Waals surface area contributed by atoms with Gasteiger partial charge in [0.25, 0.3) is 0 Å². The number of aromatic amines is 1. The van der Waals surface area contributed by atoms with Gasteiger partial charge < -0.3 is 10.3 Å². The van der Waals surface area contributed by atoms with Gasteiger partial charge in [-0.25, -0.2) is 4.98 Å². The maximum Gasteiger partial charge on any atom is 0.226 e. The van der Waals surface area contributed by atoms with Gasteiger partial charge in [0.2, 0.25) is 5.91 Å². The highest BCUT2D eigenvalue weighted by molar-refractivity contribution is 5.78. The summed E-state index contributed by atoms with van der Waals surface area (Å²) in [5, 5.41) is 2.89. The minimum absolute atomic E-state index is 0.0549. The van der Waals surface area contributed by atoms with E-state index in [1.54, 1.807) is 18.6 Å².